The summed E-state index contributed by atoms with van der Waals surface area (Å²) in [6, 6.07) is 16.1. The normalized spacial score (nSPS) is 15.1. The molecule has 1 aliphatic rings. The Morgan fingerprint density at radius 3 is 2.42 bits per heavy atom. The Hall–Kier alpha value is -2.29. The van der Waals surface area contributed by atoms with Crippen LogP contribution in [0.2, 0.25) is 0 Å². The monoisotopic (exact) mass is 323 g/mol. The van der Waals surface area contributed by atoms with Crippen LogP contribution in [0.4, 0.5) is 5.69 Å². The maximum absolute atomic E-state index is 12.7. The Bertz CT molecular complexity index is 728. The lowest BCUT2D eigenvalue weighted by Crippen LogP contribution is -2.39. The molecule has 0 saturated carbocycles. The van der Waals surface area contributed by atoms with Gasteiger partial charge in [-0.3, -0.25) is 4.79 Å². The predicted molar refractivity (Wildman–Crippen MR) is 97.7 cm³/mol. The van der Waals surface area contributed by atoms with Gasteiger partial charge in [-0.2, -0.15) is 0 Å². The van der Waals surface area contributed by atoms with Crippen LogP contribution in [0.1, 0.15) is 38.8 Å². The Labute approximate surface area is 144 Å². The third-order valence-corrected chi connectivity index (χ3v) is 4.53. The molecule has 0 aliphatic carbocycles. The van der Waals surface area contributed by atoms with E-state index in [1.165, 1.54) is 11.1 Å². The number of hydrogen-bond acceptors (Lipinski definition) is 2. The van der Waals surface area contributed by atoms with Crippen molar-refractivity contribution in [3.05, 3.63) is 59.7 Å². The maximum Gasteiger partial charge on any atom is 0.267 e. The quantitative estimate of drug-likeness (QED) is 0.841. The van der Waals surface area contributed by atoms with E-state index in [-0.39, 0.29) is 11.3 Å². The number of rotatable bonds is 3. The minimum atomic E-state index is -0.503. The number of carbonyl (C=O) groups excluding carboxylic acids is 1. The molecule has 0 radical (unpaired) electrons. The van der Waals surface area contributed by atoms with Crippen LogP contribution in [0.3, 0.4) is 0 Å². The van der Waals surface area contributed by atoms with Gasteiger partial charge < -0.3 is 9.64 Å². The molecule has 0 fully saturated rings. The first kappa shape index (κ1) is 16.6. The van der Waals surface area contributed by atoms with E-state index in [4.69, 9.17) is 4.74 Å². The molecule has 1 heterocycles. The Kier molecular flexibility index (Phi) is 4.35. The van der Waals surface area contributed by atoms with Crippen LogP contribution in [0.15, 0.2) is 48.5 Å². The van der Waals surface area contributed by atoms with Crippen LogP contribution < -0.4 is 9.64 Å². The number of ether oxygens (including phenoxy) is 1. The zero-order chi connectivity index (χ0) is 17.3. The fraction of sp³-hybridized carbons (Fsp3) is 0.381. The summed E-state index contributed by atoms with van der Waals surface area (Å²) in [5, 5.41) is 0. The van der Waals surface area contributed by atoms with E-state index in [9.17, 15) is 4.79 Å². The molecule has 0 aromatic heterocycles. The topological polar surface area (TPSA) is 29.5 Å². The van der Waals surface area contributed by atoms with Gasteiger partial charge in [-0.05, 0) is 48.1 Å². The average molecular weight is 323 g/mol. The van der Waals surface area contributed by atoms with E-state index in [2.05, 4.69) is 39.0 Å². The minimum Gasteiger partial charge on any atom is -0.481 e. The summed E-state index contributed by atoms with van der Waals surface area (Å²) < 4.78 is 5.88. The number of hydrogen-bond donors (Lipinski definition) is 0. The van der Waals surface area contributed by atoms with Crippen molar-refractivity contribution in [2.45, 2.75) is 45.6 Å². The molecule has 3 heteroatoms. The Morgan fingerprint density at radius 2 is 1.75 bits per heavy atom. The molecule has 0 unspecified atom stereocenters. The van der Waals surface area contributed by atoms with Crippen molar-refractivity contribution in [2.75, 3.05) is 11.4 Å². The largest absolute Gasteiger partial charge is 0.481 e. The van der Waals surface area contributed by atoms with Crippen molar-refractivity contribution in [1.82, 2.24) is 0 Å². The lowest BCUT2D eigenvalue weighted by Gasteiger charge is -2.23. The molecule has 3 rings (SSSR count). The van der Waals surface area contributed by atoms with E-state index in [1.54, 1.807) is 0 Å². The molecule has 0 spiro atoms. The highest BCUT2D eigenvalue weighted by atomic mass is 16.5. The summed E-state index contributed by atoms with van der Waals surface area (Å²) in [5.74, 6) is 0.746. The fourth-order valence-electron chi connectivity index (χ4n) is 3.07. The number of benzene rings is 2. The number of anilines is 1. The minimum absolute atomic E-state index is 0.0137. The number of fused-ring (bicyclic) bond motifs is 1. The summed E-state index contributed by atoms with van der Waals surface area (Å²) in [5.41, 5.74) is 3.61. The van der Waals surface area contributed by atoms with E-state index >= 15 is 0 Å². The number of carbonyl (C=O) groups is 1. The zero-order valence-corrected chi connectivity index (χ0v) is 14.9. The molecule has 1 atom stereocenters. The van der Waals surface area contributed by atoms with Gasteiger partial charge in [0.25, 0.3) is 5.91 Å². The highest BCUT2D eigenvalue weighted by Gasteiger charge is 2.28. The van der Waals surface area contributed by atoms with E-state index < -0.39 is 6.10 Å². The first-order valence-electron chi connectivity index (χ1n) is 8.53. The van der Waals surface area contributed by atoms with Crippen molar-refractivity contribution in [3.8, 4) is 5.75 Å². The van der Waals surface area contributed by atoms with Crippen molar-refractivity contribution >= 4 is 11.6 Å². The fourth-order valence-corrected chi connectivity index (χ4v) is 3.07. The summed E-state index contributed by atoms with van der Waals surface area (Å²) in [6.07, 6.45) is 0.409. The molecule has 2 aromatic rings. The van der Waals surface area contributed by atoms with E-state index in [1.807, 2.05) is 42.2 Å². The standard InChI is InChI=1S/C21H25NO2/c1-15(24-18-11-9-17(10-12-18)21(2,3)4)20(23)22-14-13-16-7-5-6-8-19(16)22/h5-12,15H,13-14H2,1-4H3/t15-/m0/s1. The molecular weight excluding hydrogens is 298 g/mol. The van der Waals surface area contributed by atoms with E-state index in [0.29, 0.717) is 0 Å². The van der Waals surface area contributed by atoms with Gasteiger partial charge >= 0.3 is 0 Å². The molecular formula is C21H25NO2. The Balaban J connectivity index is 1.69. The summed E-state index contributed by atoms with van der Waals surface area (Å²) in [6.45, 7) is 9.09. The van der Waals surface area contributed by atoms with Crippen molar-refractivity contribution < 1.29 is 9.53 Å². The zero-order valence-electron chi connectivity index (χ0n) is 14.9. The van der Waals surface area contributed by atoms with Gasteiger partial charge in [-0.1, -0.05) is 51.1 Å². The van der Waals surface area contributed by atoms with Crippen LogP contribution in [0, 0.1) is 0 Å². The molecule has 24 heavy (non-hydrogen) atoms. The highest BCUT2D eigenvalue weighted by Crippen LogP contribution is 2.29. The van der Waals surface area contributed by atoms with Gasteiger partial charge in [0.05, 0.1) is 0 Å². The maximum atomic E-state index is 12.7. The smallest absolute Gasteiger partial charge is 0.267 e. The molecule has 0 bridgehead atoms. The molecule has 0 saturated heterocycles. The van der Waals surface area contributed by atoms with Crippen molar-refractivity contribution in [3.63, 3.8) is 0 Å². The van der Waals surface area contributed by atoms with Crippen LogP contribution in [0.5, 0.6) is 5.75 Å². The second kappa shape index (κ2) is 6.31. The molecule has 1 amide bonds. The van der Waals surface area contributed by atoms with Crippen LogP contribution in [0.25, 0.3) is 0 Å². The third kappa shape index (κ3) is 3.30. The first-order valence-corrected chi connectivity index (χ1v) is 8.53. The number of para-hydroxylation sites is 1. The number of amides is 1. The van der Waals surface area contributed by atoms with Gasteiger partial charge in [0, 0.05) is 12.2 Å². The lowest BCUT2D eigenvalue weighted by molar-refractivity contribution is -0.124. The molecule has 0 N–H and O–H groups in total. The van der Waals surface area contributed by atoms with Gasteiger partial charge in [0.1, 0.15) is 5.75 Å². The lowest BCUT2D eigenvalue weighted by atomic mass is 9.87. The Morgan fingerprint density at radius 1 is 1.08 bits per heavy atom. The highest BCUT2D eigenvalue weighted by molar-refractivity contribution is 5.98. The van der Waals surface area contributed by atoms with Gasteiger partial charge in [0.15, 0.2) is 6.10 Å². The second-order valence-electron chi connectivity index (χ2n) is 7.40. The van der Waals surface area contributed by atoms with Crippen LogP contribution in [-0.4, -0.2) is 18.6 Å². The van der Waals surface area contributed by atoms with Crippen molar-refractivity contribution in [1.29, 1.82) is 0 Å². The van der Waals surface area contributed by atoms with Crippen LogP contribution >= 0.6 is 0 Å². The first-order chi connectivity index (χ1) is 11.4. The van der Waals surface area contributed by atoms with Crippen LogP contribution in [-0.2, 0) is 16.6 Å². The van der Waals surface area contributed by atoms with E-state index in [0.717, 1.165) is 24.4 Å². The number of nitrogens with zero attached hydrogens (tertiary/aromatic N) is 1. The summed E-state index contributed by atoms with van der Waals surface area (Å²) >= 11 is 0. The van der Waals surface area contributed by atoms with Gasteiger partial charge in [0.2, 0.25) is 0 Å². The molecule has 3 nitrogen and oxygen atoms in total. The van der Waals surface area contributed by atoms with Gasteiger partial charge in [-0.15, -0.1) is 0 Å². The molecule has 2 aromatic carbocycles. The molecule has 1 aliphatic heterocycles. The van der Waals surface area contributed by atoms with Crippen molar-refractivity contribution in [2.24, 2.45) is 0 Å². The predicted octanol–water partition coefficient (Wildman–Crippen LogP) is 4.34. The second-order valence-corrected chi connectivity index (χ2v) is 7.40. The summed E-state index contributed by atoms with van der Waals surface area (Å²) in [4.78, 5) is 14.6. The average Bonchev–Trinajstić information content (AvgIpc) is 2.97. The third-order valence-electron chi connectivity index (χ3n) is 4.53. The SMILES string of the molecule is C[C@H](Oc1ccc(C(C)(C)C)cc1)C(=O)N1CCc2ccccc21. The molecule has 126 valence electrons. The summed E-state index contributed by atoms with van der Waals surface area (Å²) in [7, 11) is 0. The van der Waals surface area contributed by atoms with Gasteiger partial charge in [-0.25, -0.2) is 0 Å².